The summed E-state index contributed by atoms with van der Waals surface area (Å²) in [5.74, 6) is 0.517. The van der Waals surface area contributed by atoms with Gasteiger partial charge >= 0.3 is 0 Å². The Labute approximate surface area is 152 Å². The van der Waals surface area contributed by atoms with E-state index in [9.17, 15) is 9.18 Å². The summed E-state index contributed by atoms with van der Waals surface area (Å²) in [7, 11) is 3.19. The average Bonchev–Trinajstić information content (AvgIpc) is 3.09. The molecule has 0 radical (unpaired) electrons. The number of hydrogen-bond donors (Lipinski definition) is 0. The molecule has 3 aromatic rings. The standard InChI is InChI=1S/C21H22FNO3/c1-14(20-13-16-6-4-5-7-18(16)26-20)23(2)21(24)11-9-15-8-10-19(25-3)17(22)12-15/h4-8,10,12-14H,9,11H2,1-3H3. The number of furan rings is 1. The van der Waals surface area contributed by atoms with Gasteiger partial charge in [-0.05, 0) is 43.2 Å². The fraction of sp³-hybridized carbons (Fsp3) is 0.286. The molecule has 0 aliphatic carbocycles. The number of fused-ring (bicyclic) bond motifs is 1. The Kier molecular flexibility index (Phi) is 5.26. The number of hydrogen-bond acceptors (Lipinski definition) is 3. The first-order valence-corrected chi connectivity index (χ1v) is 8.56. The third kappa shape index (κ3) is 3.72. The predicted molar refractivity (Wildman–Crippen MR) is 98.7 cm³/mol. The number of ether oxygens (including phenoxy) is 1. The van der Waals surface area contributed by atoms with Gasteiger partial charge in [-0.3, -0.25) is 4.79 Å². The number of para-hydroxylation sites is 1. The van der Waals surface area contributed by atoms with Gasteiger partial charge in [0.2, 0.25) is 5.91 Å². The zero-order valence-corrected chi connectivity index (χ0v) is 15.2. The van der Waals surface area contributed by atoms with Crippen LogP contribution in [0, 0.1) is 5.82 Å². The fourth-order valence-electron chi connectivity index (χ4n) is 2.91. The van der Waals surface area contributed by atoms with Gasteiger partial charge in [-0.15, -0.1) is 0 Å². The predicted octanol–water partition coefficient (Wildman–Crippen LogP) is 4.73. The molecule has 2 aromatic carbocycles. The summed E-state index contributed by atoms with van der Waals surface area (Å²) in [6.45, 7) is 1.93. The average molecular weight is 355 g/mol. The normalized spacial score (nSPS) is 12.2. The molecule has 1 heterocycles. The van der Waals surface area contributed by atoms with E-state index in [4.69, 9.17) is 9.15 Å². The number of carbonyl (C=O) groups excluding carboxylic acids is 1. The number of benzene rings is 2. The van der Waals surface area contributed by atoms with Crippen LogP contribution in [0.3, 0.4) is 0 Å². The van der Waals surface area contributed by atoms with Gasteiger partial charge in [0.05, 0.1) is 13.2 Å². The monoisotopic (exact) mass is 355 g/mol. The molecule has 0 saturated heterocycles. The molecule has 0 N–H and O–H groups in total. The van der Waals surface area contributed by atoms with Gasteiger partial charge in [0.15, 0.2) is 11.6 Å². The summed E-state index contributed by atoms with van der Waals surface area (Å²) in [6, 6.07) is 14.3. The highest BCUT2D eigenvalue weighted by Crippen LogP contribution is 2.27. The lowest BCUT2D eigenvalue weighted by Gasteiger charge is -2.23. The van der Waals surface area contributed by atoms with Crippen molar-refractivity contribution in [3.05, 3.63) is 65.7 Å². The fourth-order valence-corrected chi connectivity index (χ4v) is 2.91. The Morgan fingerprint density at radius 1 is 1.23 bits per heavy atom. The van der Waals surface area contributed by atoms with E-state index in [0.29, 0.717) is 12.8 Å². The van der Waals surface area contributed by atoms with Gasteiger partial charge in [-0.1, -0.05) is 24.3 Å². The van der Waals surface area contributed by atoms with Crippen molar-refractivity contribution in [3.8, 4) is 5.75 Å². The van der Waals surface area contributed by atoms with Crippen molar-refractivity contribution < 1.29 is 18.3 Å². The highest BCUT2D eigenvalue weighted by atomic mass is 19.1. The topological polar surface area (TPSA) is 42.7 Å². The molecule has 0 saturated carbocycles. The zero-order valence-electron chi connectivity index (χ0n) is 15.2. The van der Waals surface area contributed by atoms with Crippen LogP contribution in [0.5, 0.6) is 5.75 Å². The molecule has 5 heteroatoms. The molecule has 26 heavy (non-hydrogen) atoms. The minimum atomic E-state index is -0.415. The maximum atomic E-state index is 13.8. The van der Waals surface area contributed by atoms with Crippen LogP contribution in [-0.2, 0) is 11.2 Å². The second kappa shape index (κ2) is 7.60. The molecule has 4 nitrogen and oxygen atoms in total. The van der Waals surface area contributed by atoms with Crippen molar-refractivity contribution in [1.29, 1.82) is 0 Å². The summed E-state index contributed by atoms with van der Waals surface area (Å²) < 4.78 is 24.5. The van der Waals surface area contributed by atoms with Crippen LogP contribution >= 0.6 is 0 Å². The maximum absolute atomic E-state index is 13.8. The second-order valence-electron chi connectivity index (χ2n) is 6.34. The van der Waals surface area contributed by atoms with E-state index in [1.54, 1.807) is 24.1 Å². The SMILES string of the molecule is COc1ccc(CCC(=O)N(C)C(C)c2cc3ccccc3o2)cc1F. The van der Waals surface area contributed by atoms with Gasteiger partial charge in [-0.2, -0.15) is 0 Å². The second-order valence-corrected chi connectivity index (χ2v) is 6.34. The van der Waals surface area contributed by atoms with Gasteiger partial charge in [-0.25, -0.2) is 4.39 Å². The Bertz CT molecular complexity index is 886. The molecular weight excluding hydrogens is 333 g/mol. The number of amides is 1. The van der Waals surface area contributed by atoms with E-state index in [2.05, 4.69) is 0 Å². The lowest BCUT2D eigenvalue weighted by molar-refractivity contribution is -0.132. The highest BCUT2D eigenvalue weighted by molar-refractivity contribution is 5.79. The first-order valence-electron chi connectivity index (χ1n) is 8.56. The van der Waals surface area contributed by atoms with Crippen LogP contribution in [0.4, 0.5) is 4.39 Å². The molecule has 3 rings (SSSR count). The van der Waals surface area contributed by atoms with Crippen molar-refractivity contribution in [2.75, 3.05) is 14.2 Å². The summed E-state index contributed by atoms with van der Waals surface area (Å²) in [5.41, 5.74) is 1.57. The minimum Gasteiger partial charge on any atom is -0.494 e. The largest absolute Gasteiger partial charge is 0.494 e. The van der Waals surface area contributed by atoms with Crippen molar-refractivity contribution in [3.63, 3.8) is 0 Å². The molecule has 1 aromatic heterocycles. The number of methoxy groups -OCH3 is 1. The first kappa shape index (κ1) is 18.0. The molecule has 136 valence electrons. The summed E-state index contributed by atoms with van der Waals surface area (Å²) >= 11 is 0. The Hall–Kier alpha value is -2.82. The van der Waals surface area contributed by atoms with Gasteiger partial charge in [0.25, 0.3) is 0 Å². The van der Waals surface area contributed by atoms with E-state index < -0.39 is 5.82 Å². The highest BCUT2D eigenvalue weighted by Gasteiger charge is 2.20. The van der Waals surface area contributed by atoms with E-state index >= 15 is 0 Å². The van der Waals surface area contributed by atoms with Crippen LogP contribution in [0.15, 0.2) is 52.9 Å². The zero-order chi connectivity index (χ0) is 18.7. The van der Waals surface area contributed by atoms with Crippen molar-refractivity contribution in [2.24, 2.45) is 0 Å². The number of halogens is 1. The van der Waals surface area contributed by atoms with E-state index in [-0.39, 0.29) is 17.7 Å². The number of carbonyl (C=O) groups is 1. The molecule has 1 unspecified atom stereocenters. The smallest absolute Gasteiger partial charge is 0.223 e. The van der Waals surface area contributed by atoms with Crippen molar-refractivity contribution in [2.45, 2.75) is 25.8 Å². The maximum Gasteiger partial charge on any atom is 0.223 e. The quantitative estimate of drug-likeness (QED) is 0.642. The third-order valence-corrected chi connectivity index (χ3v) is 4.67. The van der Waals surface area contributed by atoms with Crippen LogP contribution in [-0.4, -0.2) is 25.0 Å². The van der Waals surface area contributed by atoms with Gasteiger partial charge in [0.1, 0.15) is 11.3 Å². The Balaban J connectivity index is 1.64. The first-order chi connectivity index (χ1) is 12.5. The van der Waals surface area contributed by atoms with Crippen molar-refractivity contribution in [1.82, 2.24) is 4.90 Å². The third-order valence-electron chi connectivity index (χ3n) is 4.67. The molecule has 1 amide bonds. The molecule has 0 spiro atoms. The molecule has 0 fully saturated rings. The summed E-state index contributed by atoms with van der Waals surface area (Å²) in [6.07, 6.45) is 0.768. The lowest BCUT2D eigenvalue weighted by Crippen LogP contribution is -2.29. The number of aryl methyl sites for hydroxylation is 1. The van der Waals surface area contributed by atoms with E-state index in [1.807, 2.05) is 37.3 Å². The van der Waals surface area contributed by atoms with Crippen molar-refractivity contribution >= 4 is 16.9 Å². The minimum absolute atomic E-state index is 0.0193. The lowest BCUT2D eigenvalue weighted by atomic mass is 10.1. The summed E-state index contributed by atoms with van der Waals surface area (Å²) in [5, 5.41) is 1.02. The summed E-state index contributed by atoms with van der Waals surface area (Å²) in [4.78, 5) is 14.2. The van der Waals surface area contributed by atoms with Crippen LogP contribution in [0.25, 0.3) is 11.0 Å². The Morgan fingerprint density at radius 3 is 2.69 bits per heavy atom. The number of nitrogens with zero attached hydrogens (tertiary/aromatic N) is 1. The van der Waals surface area contributed by atoms with Gasteiger partial charge < -0.3 is 14.1 Å². The van der Waals surface area contributed by atoms with Crippen LogP contribution in [0.1, 0.15) is 30.7 Å². The van der Waals surface area contributed by atoms with Gasteiger partial charge in [0, 0.05) is 18.9 Å². The molecule has 0 aliphatic rings. The van der Waals surface area contributed by atoms with Crippen LogP contribution < -0.4 is 4.74 Å². The van der Waals surface area contributed by atoms with E-state index in [0.717, 1.165) is 22.3 Å². The molecule has 0 aliphatic heterocycles. The number of rotatable bonds is 6. The van der Waals surface area contributed by atoms with Crippen LogP contribution in [0.2, 0.25) is 0 Å². The Morgan fingerprint density at radius 2 is 2.00 bits per heavy atom. The molecule has 1 atom stereocenters. The van der Waals surface area contributed by atoms with E-state index in [1.165, 1.54) is 13.2 Å². The molecular formula is C21H22FNO3. The molecule has 0 bridgehead atoms.